The minimum atomic E-state index is -1.51. The number of carbonyl (C=O) groups is 10. The SMILES string of the molecule is CC[C@H](NC(=O)[C@H](CC(C)C)NC(=O)[C@@H](NC(=O)[C@@H](NC(=O)[C@@H](CC(=O)O)CC(=O)[C@H](CCC(=O)O)NC(C)=O)C(C)C)C(C)C)C(=O)C(=O)NCc1ccccc1OC. The van der Waals surface area contributed by atoms with Crippen LogP contribution < -0.4 is 36.6 Å². The molecular formula is C41H62N6O13. The molecule has 6 amide bonds. The van der Waals surface area contributed by atoms with Crippen LogP contribution in [0.15, 0.2) is 24.3 Å². The average molecular weight is 847 g/mol. The van der Waals surface area contributed by atoms with Crippen molar-refractivity contribution in [2.45, 2.75) is 131 Å². The van der Waals surface area contributed by atoms with Crippen molar-refractivity contribution >= 4 is 58.9 Å². The summed E-state index contributed by atoms with van der Waals surface area (Å²) in [5.74, 6) is -11.6. The lowest BCUT2D eigenvalue weighted by Crippen LogP contribution is -2.60. The van der Waals surface area contributed by atoms with E-state index < -0.39 is 126 Å². The van der Waals surface area contributed by atoms with Gasteiger partial charge in [-0.05, 0) is 43.1 Å². The molecule has 8 N–H and O–H groups in total. The Balaban J connectivity index is 3.18. The van der Waals surface area contributed by atoms with E-state index >= 15 is 0 Å². The molecule has 0 saturated carbocycles. The zero-order valence-corrected chi connectivity index (χ0v) is 35.8. The predicted octanol–water partition coefficient (Wildman–Crippen LogP) is 1.01. The smallest absolute Gasteiger partial charge is 0.304 e. The molecule has 0 unspecified atom stereocenters. The van der Waals surface area contributed by atoms with E-state index in [4.69, 9.17) is 9.84 Å². The third-order valence-corrected chi connectivity index (χ3v) is 9.38. The number of Topliss-reactive ketones (excluding diaryl/α,β-unsaturated/α-hetero) is 2. The molecule has 6 atom stereocenters. The molecule has 0 aliphatic heterocycles. The van der Waals surface area contributed by atoms with Gasteiger partial charge in [-0.2, -0.15) is 0 Å². The van der Waals surface area contributed by atoms with E-state index in [1.807, 2.05) is 0 Å². The second-order valence-corrected chi connectivity index (χ2v) is 15.6. The summed E-state index contributed by atoms with van der Waals surface area (Å²) < 4.78 is 5.28. The van der Waals surface area contributed by atoms with E-state index in [1.165, 1.54) is 7.11 Å². The minimum absolute atomic E-state index is 0.00617. The van der Waals surface area contributed by atoms with Crippen molar-refractivity contribution in [3.8, 4) is 5.75 Å². The zero-order valence-electron chi connectivity index (χ0n) is 35.8. The first-order valence-corrected chi connectivity index (χ1v) is 19.9. The molecule has 0 aromatic heterocycles. The highest BCUT2D eigenvalue weighted by Gasteiger charge is 2.36. The molecule has 0 aliphatic rings. The third-order valence-electron chi connectivity index (χ3n) is 9.38. The first-order chi connectivity index (χ1) is 28.0. The largest absolute Gasteiger partial charge is 0.496 e. The Morgan fingerprint density at radius 2 is 1.22 bits per heavy atom. The highest BCUT2D eigenvalue weighted by atomic mass is 16.5. The molecule has 1 aromatic rings. The molecule has 19 nitrogen and oxygen atoms in total. The Morgan fingerprint density at radius 3 is 1.72 bits per heavy atom. The molecule has 0 bridgehead atoms. The number of nitrogens with one attached hydrogen (secondary N) is 6. The summed E-state index contributed by atoms with van der Waals surface area (Å²) >= 11 is 0. The van der Waals surface area contributed by atoms with Crippen molar-refractivity contribution in [1.82, 2.24) is 31.9 Å². The number of hydrogen-bond donors (Lipinski definition) is 8. The monoisotopic (exact) mass is 846 g/mol. The maximum absolute atomic E-state index is 13.8. The number of carboxylic acid groups (broad SMARTS) is 2. The number of hydrogen-bond acceptors (Lipinski definition) is 11. The summed E-state index contributed by atoms with van der Waals surface area (Å²) in [5, 5.41) is 33.8. The van der Waals surface area contributed by atoms with E-state index in [0.29, 0.717) is 11.3 Å². The fourth-order valence-electron chi connectivity index (χ4n) is 6.12. The number of ketones is 2. The van der Waals surface area contributed by atoms with E-state index in [1.54, 1.807) is 72.7 Å². The lowest BCUT2D eigenvalue weighted by Gasteiger charge is -2.30. The van der Waals surface area contributed by atoms with Crippen molar-refractivity contribution in [1.29, 1.82) is 0 Å². The number of methoxy groups -OCH3 is 1. The maximum Gasteiger partial charge on any atom is 0.304 e. The molecule has 60 heavy (non-hydrogen) atoms. The lowest BCUT2D eigenvalue weighted by molar-refractivity contribution is -0.143. The van der Waals surface area contributed by atoms with Crippen molar-refractivity contribution in [3.63, 3.8) is 0 Å². The van der Waals surface area contributed by atoms with Gasteiger partial charge in [0.05, 0.1) is 31.5 Å². The number of rotatable bonds is 27. The molecule has 0 spiro atoms. The van der Waals surface area contributed by atoms with Gasteiger partial charge in [0.1, 0.15) is 23.9 Å². The number of benzene rings is 1. The zero-order chi connectivity index (χ0) is 45.9. The van der Waals surface area contributed by atoms with Gasteiger partial charge in [-0.3, -0.25) is 47.9 Å². The van der Waals surface area contributed by atoms with E-state index in [0.717, 1.165) is 6.92 Å². The summed E-state index contributed by atoms with van der Waals surface area (Å²) in [6.07, 6.45) is -2.13. The van der Waals surface area contributed by atoms with E-state index in [9.17, 15) is 53.1 Å². The minimum Gasteiger partial charge on any atom is -0.496 e. The van der Waals surface area contributed by atoms with Crippen molar-refractivity contribution in [3.05, 3.63) is 29.8 Å². The van der Waals surface area contributed by atoms with Crippen molar-refractivity contribution < 1.29 is 62.9 Å². The van der Waals surface area contributed by atoms with E-state index in [2.05, 4.69) is 31.9 Å². The highest BCUT2D eigenvalue weighted by molar-refractivity contribution is 6.38. The van der Waals surface area contributed by atoms with E-state index in [-0.39, 0.29) is 31.7 Å². The number of amides is 6. The van der Waals surface area contributed by atoms with Gasteiger partial charge >= 0.3 is 11.9 Å². The van der Waals surface area contributed by atoms with Gasteiger partial charge < -0.3 is 46.9 Å². The standard InChI is InChI=1S/C41H62N6O13/c1-10-27(36(54)41(59)42-20-25-13-11-12-14-31(25)60-9)44-38(56)29(17-21(2)3)45-39(57)34(22(4)5)47-40(58)35(23(6)7)46-37(55)26(19-33(52)53)18-30(49)28(43-24(8)48)15-16-32(50)51/h11-14,21-23,26-29,34-35H,10,15-20H2,1-9H3,(H,42,59)(H,43,48)(H,44,56)(H,45,57)(H,46,55)(H,47,58)(H,50,51)(H,52,53)/t26-,27+,28+,29+,34+,35+/m1/s1. The number of carbonyl (C=O) groups excluding carboxylic acids is 8. The molecule has 0 aliphatic carbocycles. The van der Waals surface area contributed by atoms with Crippen LogP contribution >= 0.6 is 0 Å². The van der Waals surface area contributed by atoms with Crippen molar-refractivity contribution in [2.24, 2.45) is 23.7 Å². The van der Waals surface area contributed by atoms with Gasteiger partial charge in [0.2, 0.25) is 35.3 Å². The summed E-state index contributed by atoms with van der Waals surface area (Å²) in [4.78, 5) is 128. The fourth-order valence-corrected chi connectivity index (χ4v) is 6.12. The molecule has 0 saturated heterocycles. The van der Waals surface area contributed by atoms with Crippen LogP contribution in [0, 0.1) is 23.7 Å². The van der Waals surface area contributed by atoms with Crippen LogP contribution in [-0.4, -0.2) is 106 Å². The van der Waals surface area contributed by atoms with Crippen LogP contribution in [0.2, 0.25) is 0 Å². The quantitative estimate of drug-likeness (QED) is 0.0575. The van der Waals surface area contributed by atoms with Gasteiger partial charge in [0, 0.05) is 31.9 Å². The van der Waals surface area contributed by atoms with Gasteiger partial charge in [-0.25, -0.2) is 0 Å². The Bertz CT molecular complexity index is 1710. The van der Waals surface area contributed by atoms with Gasteiger partial charge in [0.15, 0.2) is 5.78 Å². The first kappa shape index (κ1) is 52.1. The summed E-state index contributed by atoms with van der Waals surface area (Å²) in [7, 11) is 1.47. The topological polar surface area (TPSA) is 293 Å². The Kier molecular flexibility index (Phi) is 22.2. The number of aliphatic carboxylic acids is 2. The number of carboxylic acids is 2. The Morgan fingerprint density at radius 1 is 0.667 bits per heavy atom. The summed E-state index contributed by atoms with van der Waals surface area (Å²) in [6.45, 7) is 12.7. The highest BCUT2D eigenvalue weighted by Crippen LogP contribution is 2.18. The van der Waals surface area contributed by atoms with Gasteiger partial charge in [-0.15, -0.1) is 0 Å². The number of para-hydroxylation sites is 1. The second kappa shape index (κ2) is 25.6. The van der Waals surface area contributed by atoms with Crippen LogP contribution in [0.3, 0.4) is 0 Å². The molecule has 0 heterocycles. The molecule has 1 rings (SSSR count). The Hall–Kier alpha value is -5.88. The fraction of sp³-hybridized carbons (Fsp3) is 0.610. The molecule has 1 aromatic carbocycles. The lowest BCUT2D eigenvalue weighted by atomic mass is 9.92. The molecular weight excluding hydrogens is 784 g/mol. The van der Waals surface area contributed by atoms with Crippen LogP contribution in [0.5, 0.6) is 5.75 Å². The average Bonchev–Trinajstić information content (AvgIpc) is 3.16. The molecule has 19 heteroatoms. The van der Waals surface area contributed by atoms with Crippen LogP contribution in [-0.2, 0) is 54.5 Å². The number of ether oxygens (including phenoxy) is 1. The molecule has 0 radical (unpaired) electrons. The molecule has 334 valence electrons. The Labute approximate surface area is 350 Å². The first-order valence-electron chi connectivity index (χ1n) is 19.9. The maximum atomic E-state index is 13.8. The van der Waals surface area contributed by atoms with Crippen LogP contribution in [0.1, 0.15) is 99.5 Å². The summed E-state index contributed by atoms with van der Waals surface area (Å²) in [6, 6.07) is 0.603. The van der Waals surface area contributed by atoms with Crippen LogP contribution in [0.25, 0.3) is 0 Å². The van der Waals surface area contributed by atoms with Gasteiger partial charge in [0.25, 0.3) is 5.91 Å². The van der Waals surface area contributed by atoms with Crippen molar-refractivity contribution in [2.75, 3.05) is 7.11 Å². The second-order valence-electron chi connectivity index (χ2n) is 15.6. The summed E-state index contributed by atoms with van der Waals surface area (Å²) in [5.41, 5.74) is 0.630. The van der Waals surface area contributed by atoms with Gasteiger partial charge in [-0.1, -0.05) is 66.7 Å². The third kappa shape index (κ3) is 17.9. The normalized spacial score (nSPS) is 14.1. The molecule has 0 fully saturated rings. The van der Waals surface area contributed by atoms with Crippen LogP contribution in [0.4, 0.5) is 0 Å². The predicted molar refractivity (Wildman–Crippen MR) is 217 cm³/mol.